The van der Waals surface area contributed by atoms with Gasteiger partial charge in [-0.1, -0.05) is 6.07 Å². The van der Waals surface area contributed by atoms with Crippen LogP contribution in [0.1, 0.15) is 29.7 Å². The normalized spacial score (nSPS) is 17.1. The third kappa shape index (κ3) is 1.30. The minimum atomic E-state index is -0.142. The molecule has 1 aliphatic heterocycles. The van der Waals surface area contributed by atoms with E-state index in [0.29, 0.717) is 13.2 Å². The van der Waals surface area contributed by atoms with Crippen LogP contribution in [-0.4, -0.2) is 5.11 Å². The molecule has 1 aromatic carbocycles. The molecule has 1 atom stereocenters. The third-order valence-corrected chi connectivity index (χ3v) is 2.39. The number of hydrogen-bond donors (Lipinski definition) is 2. The molecule has 0 aromatic heterocycles. The maximum atomic E-state index is 9.61. The highest BCUT2D eigenvalue weighted by atomic mass is 16.5. The Kier molecular flexibility index (Phi) is 1.98. The van der Waals surface area contributed by atoms with Crippen LogP contribution in [0.3, 0.4) is 0 Å². The summed E-state index contributed by atoms with van der Waals surface area (Å²) in [6.45, 7) is 3.07. The minimum absolute atomic E-state index is 0.142. The van der Waals surface area contributed by atoms with E-state index in [0.717, 1.165) is 16.7 Å². The van der Waals surface area contributed by atoms with Gasteiger partial charge in [-0.3, -0.25) is 0 Å². The Morgan fingerprint density at radius 3 is 2.92 bits per heavy atom. The molecule has 0 aliphatic carbocycles. The first-order valence-corrected chi connectivity index (χ1v) is 4.37. The van der Waals surface area contributed by atoms with Gasteiger partial charge in [0.1, 0.15) is 5.75 Å². The van der Waals surface area contributed by atoms with Crippen molar-refractivity contribution in [3.05, 3.63) is 28.8 Å². The molecule has 3 N–H and O–H groups in total. The van der Waals surface area contributed by atoms with Crippen LogP contribution in [0.15, 0.2) is 12.1 Å². The van der Waals surface area contributed by atoms with E-state index in [4.69, 9.17) is 10.5 Å². The molecule has 0 fully saturated rings. The molecular formula is C10H13NO2. The summed E-state index contributed by atoms with van der Waals surface area (Å²) >= 11 is 0. The first-order chi connectivity index (χ1) is 6.20. The van der Waals surface area contributed by atoms with Gasteiger partial charge in [0.2, 0.25) is 0 Å². The van der Waals surface area contributed by atoms with Gasteiger partial charge in [-0.25, -0.2) is 0 Å². The molecule has 70 valence electrons. The maximum Gasteiger partial charge on any atom is 0.120 e. The first kappa shape index (κ1) is 8.53. The van der Waals surface area contributed by atoms with Crippen molar-refractivity contribution in [1.82, 2.24) is 0 Å². The van der Waals surface area contributed by atoms with E-state index in [1.54, 1.807) is 6.07 Å². The van der Waals surface area contributed by atoms with Crippen molar-refractivity contribution in [3.8, 4) is 5.75 Å². The average Bonchev–Trinajstić information content (AvgIpc) is 2.50. The summed E-state index contributed by atoms with van der Waals surface area (Å²) in [5.41, 5.74) is 8.81. The van der Waals surface area contributed by atoms with Crippen LogP contribution < -0.4 is 5.73 Å². The maximum absolute atomic E-state index is 9.61. The lowest BCUT2D eigenvalue weighted by Crippen LogP contribution is -2.08. The van der Waals surface area contributed by atoms with Gasteiger partial charge in [0.15, 0.2) is 0 Å². The van der Waals surface area contributed by atoms with Gasteiger partial charge in [0.05, 0.1) is 13.2 Å². The van der Waals surface area contributed by atoms with Gasteiger partial charge in [0, 0.05) is 11.6 Å². The average molecular weight is 179 g/mol. The van der Waals surface area contributed by atoms with E-state index in [1.807, 2.05) is 13.0 Å². The van der Waals surface area contributed by atoms with Gasteiger partial charge >= 0.3 is 0 Å². The van der Waals surface area contributed by atoms with Crippen molar-refractivity contribution < 1.29 is 9.84 Å². The molecular weight excluding hydrogens is 166 g/mol. The molecule has 1 unspecified atom stereocenters. The summed E-state index contributed by atoms with van der Waals surface area (Å²) in [7, 11) is 0. The molecule has 13 heavy (non-hydrogen) atoms. The summed E-state index contributed by atoms with van der Waals surface area (Å²) in [5.74, 6) is 0.277. The third-order valence-electron chi connectivity index (χ3n) is 2.39. The Morgan fingerprint density at radius 1 is 1.46 bits per heavy atom. The molecule has 0 saturated carbocycles. The molecule has 0 amide bonds. The molecule has 1 aromatic rings. The standard InChI is InChI=1S/C10H13NO2/c1-6(11)10-8-5-13-4-7(8)2-3-9(10)12/h2-3,6,12H,4-5,11H2,1H3. The lowest BCUT2D eigenvalue weighted by atomic mass is 9.98. The second kappa shape index (κ2) is 3.01. The predicted octanol–water partition coefficient (Wildman–Crippen LogP) is 1.44. The number of ether oxygens (including phenoxy) is 1. The second-order valence-electron chi connectivity index (χ2n) is 3.42. The number of rotatable bonds is 1. The molecule has 3 nitrogen and oxygen atoms in total. The second-order valence-corrected chi connectivity index (χ2v) is 3.42. The molecule has 3 heteroatoms. The van der Waals surface area contributed by atoms with Crippen molar-refractivity contribution in [2.45, 2.75) is 26.2 Å². The molecule has 0 spiro atoms. The number of aromatic hydroxyl groups is 1. The summed E-state index contributed by atoms with van der Waals surface area (Å²) in [6.07, 6.45) is 0. The molecule has 0 bridgehead atoms. The Bertz CT molecular complexity index is 334. The Balaban J connectivity index is 2.58. The van der Waals surface area contributed by atoms with E-state index >= 15 is 0 Å². The van der Waals surface area contributed by atoms with Crippen molar-refractivity contribution in [3.63, 3.8) is 0 Å². The summed E-state index contributed by atoms with van der Waals surface area (Å²) in [6, 6.07) is 3.44. The summed E-state index contributed by atoms with van der Waals surface area (Å²) in [4.78, 5) is 0. The van der Waals surface area contributed by atoms with E-state index in [9.17, 15) is 5.11 Å². The zero-order valence-corrected chi connectivity index (χ0v) is 7.58. The van der Waals surface area contributed by atoms with Gasteiger partial charge < -0.3 is 15.6 Å². The van der Waals surface area contributed by atoms with Crippen LogP contribution >= 0.6 is 0 Å². The number of phenols is 1. The van der Waals surface area contributed by atoms with Crippen molar-refractivity contribution in [1.29, 1.82) is 0 Å². The molecule has 1 heterocycles. The van der Waals surface area contributed by atoms with E-state index in [1.165, 1.54) is 0 Å². The fourth-order valence-electron chi connectivity index (χ4n) is 1.77. The molecule has 1 aliphatic rings. The number of fused-ring (bicyclic) bond motifs is 1. The number of nitrogens with two attached hydrogens (primary N) is 1. The predicted molar refractivity (Wildman–Crippen MR) is 49.2 cm³/mol. The highest BCUT2D eigenvalue weighted by Crippen LogP contribution is 2.33. The molecule has 0 saturated heterocycles. The zero-order valence-electron chi connectivity index (χ0n) is 7.58. The SMILES string of the molecule is CC(N)c1c(O)ccc2c1COC2. The van der Waals surface area contributed by atoms with Gasteiger partial charge in [0.25, 0.3) is 0 Å². The van der Waals surface area contributed by atoms with Crippen molar-refractivity contribution in [2.75, 3.05) is 0 Å². The monoisotopic (exact) mass is 179 g/mol. The van der Waals surface area contributed by atoms with Crippen molar-refractivity contribution in [2.24, 2.45) is 5.73 Å². The largest absolute Gasteiger partial charge is 0.508 e. The Hall–Kier alpha value is -1.06. The zero-order chi connectivity index (χ0) is 9.42. The number of phenolic OH excluding ortho intramolecular Hbond substituents is 1. The topological polar surface area (TPSA) is 55.5 Å². The van der Waals surface area contributed by atoms with Crippen molar-refractivity contribution >= 4 is 0 Å². The highest BCUT2D eigenvalue weighted by Gasteiger charge is 2.19. The van der Waals surface area contributed by atoms with Crippen LogP contribution in [0.4, 0.5) is 0 Å². The van der Waals surface area contributed by atoms with E-state index in [2.05, 4.69) is 0 Å². The summed E-state index contributed by atoms with van der Waals surface area (Å²) in [5, 5.41) is 9.61. The molecule has 0 radical (unpaired) electrons. The fourth-order valence-corrected chi connectivity index (χ4v) is 1.77. The van der Waals surface area contributed by atoms with Crippen LogP contribution in [0, 0.1) is 0 Å². The number of hydrogen-bond acceptors (Lipinski definition) is 3. The van der Waals surface area contributed by atoms with Crippen LogP contribution in [0.2, 0.25) is 0 Å². The Labute approximate surface area is 77.1 Å². The Morgan fingerprint density at radius 2 is 2.23 bits per heavy atom. The minimum Gasteiger partial charge on any atom is -0.508 e. The smallest absolute Gasteiger partial charge is 0.120 e. The summed E-state index contributed by atoms with van der Waals surface area (Å²) < 4.78 is 5.29. The van der Waals surface area contributed by atoms with Gasteiger partial charge in [-0.15, -0.1) is 0 Å². The lowest BCUT2D eigenvalue weighted by Gasteiger charge is -2.12. The van der Waals surface area contributed by atoms with Crippen LogP contribution in [0.25, 0.3) is 0 Å². The van der Waals surface area contributed by atoms with Gasteiger partial charge in [-0.05, 0) is 24.1 Å². The number of benzene rings is 1. The molecule has 2 rings (SSSR count). The first-order valence-electron chi connectivity index (χ1n) is 4.37. The highest BCUT2D eigenvalue weighted by molar-refractivity contribution is 5.46. The van der Waals surface area contributed by atoms with E-state index in [-0.39, 0.29) is 11.8 Å². The quantitative estimate of drug-likeness (QED) is 0.686. The van der Waals surface area contributed by atoms with Gasteiger partial charge in [-0.2, -0.15) is 0 Å². The van der Waals surface area contributed by atoms with E-state index < -0.39 is 0 Å². The fraction of sp³-hybridized carbons (Fsp3) is 0.400. The lowest BCUT2D eigenvalue weighted by molar-refractivity contribution is 0.134. The van der Waals surface area contributed by atoms with Crippen LogP contribution in [-0.2, 0) is 18.0 Å². The van der Waals surface area contributed by atoms with Crippen LogP contribution in [0.5, 0.6) is 5.75 Å².